The molecule has 0 bridgehead atoms. The monoisotopic (exact) mass is 218 g/mol. The lowest BCUT2D eigenvalue weighted by Gasteiger charge is -2.21. The number of rotatable bonds is 2. The summed E-state index contributed by atoms with van der Waals surface area (Å²) in [5.74, 6) is 1.89. The van der Waals surface area contributed by atoms with Crippen molar-refractivity contribution in [1.29, 1.82) is 0 Å². The summed E-state index contributed by atoms with van der Waals surface area (Å²) in [6, 6.07) is 8.06. The number of ether oxygens (including phenoxy) is 1. The first-order valence-corrected chi connectivity index (χ1v) is 5.62. The second kappa shape index (κ2) is 4.16. The Kier molecular flexibility index (Phi) is 2.86. The van der Waals surface area contributed by atoms with E-state index in [1.807, 2.05) is 45.0 Å². The van der Waals surface area contributed by atoms with Crippen LogP contribution in [0, 0.1) is 0 Å². The van der Waals surface area contributed by atoms with Crippen LogP contribution in [0.5, 0.6) is 5.75 Å². The largest absolute Gasteiger partial charge is 0.488 e. The Morgan fingerprint density at radius 2 is 1.88 bits per heavy atom. The van der Waals surface area contributed by atoms with Crippen LogP contribution in [0.2, 0.25) is 0 Å². The van der Waals surface area contributed by atoms with Crippen LogP contribution < -0.4 is 10.1 Å². The first kappa shape index (κ1) is 11.0. The van der Waals surface area contributed by atoms with Gasteiger partial charge in [-0.2, -0.15) is 0 Å². The SMILES string of the molecule is CC(C)(C)Oc1ccc(C2=NCCN2)cc1. The second-order valence-corrected chi connectivity index (χ2v) is 4.90. The van der Waals surface area contributed by atoms with Crippen molar-refractivity contribution < 1.29 is 4.74 Å². The van der Waals surface area contributed by atoms with Crippen LogP contribution in [-0.4, -0.2) is 24.5 Å². The van der Waals surface area contributed by atoms with Crippen LogP contribution in [0.25, 0.3) is 0 Å². The molecule has 0 radical (unpaired) electrons. The van der Waals surface area contributed by atoms with Crippen molar-refractivity contribution in [2.24, 2.45) is 4.99 Å². The highest BCUT2D eigenvalue weighted by atomic mass is 16.5. The van der Waals surface area contributed by atoms with Gasteiger partial charge in [-0.15, -0.1) is 0 Å². The van der Waals surface area contributed by atoms with Gasteiger partial charge in [0.1, 0.15) is 17.2 Å². The van der Waals surface area contributed by atoms with Gasteiger partial charge >= 0.3 is 0 Å². The Morgan fingerprint density at radius 3 is 2.38 bits per heavy atom. The summed E-state index contributed by atoms with van der Waals surface area (Å²) in [6.07, 6.45) is 0. The lowest BCUT2D eigenvalue weighted by Crippen LogP contribution is -2.23. The number of benzene rings is 1. The molecule has 1 aliphatic heterocycles. The van der Waals surface area contributed by atoms with Crippen LogP contribution >= 0.6 is 0 Å². The van der Waals surface area contributed by atoms with Gasteiger partial charge in [-0.25, -0.2) is 0 Å². The van der Waals surface area contributed by atoms with Crippen LogP contribution in [0.15, 0.2) is 29.3 Å². The van der Waals surface area contributed by atoms with Crippen LogP contribution in [-0.2, 0) is 0 Å². The molecule has 1 aromatic carbocycles. The van der Waals surface area contributed by atoms with E-state index >= 15 is 0 Å². The quantitative estimate of drug-likeness (QED) is 0.825. The van der Waals surface area contributed by atoms with Gasteiger partial charge in [0.2, 0.25) is 0 Å². The summed E-state index contributed by atoms with van der Waals surface area (Å²) in [7, 11) is 0. The average Bonchev–Trinajstić information content (AvgIpc) is 2.69. The summed E-state index contributed by atoms with van der Waals surface area (Å²) < 4.78 is 5.76. The zero-order chi connectivity index (χ0) is 11.6. The number of hydrogen-bond acceptors (Lipinski definition) is 3. The highest BCUT2D eigenvalue weighted by Crippen LogP contribution is 2.18. The van der Waals surface area contributed by atoms with Gasteiger partial charge in [-0.3, -0.25) is 4.99 Å². The predicted molar refractivity (Wildman–Crippen MR) is 66.2 cm³/mol. The fourth-order valence-corrected chi connectivity index (χ4v) is 1.63. The molecule has 0 saturated carbocycles. The van der Waals surface area contributed by atoms with Gasteiger partial charge in [-0.05, 0) is 45.0 Å². The molecule has 3 heteroatoms. The minimum atomic E-state index is -0.148. The Bertz CT molecular complexity index is 387. The Hall–Kier alpha value is -1.51. The van der Waals surface area contributed by atoms with Gasteiger partial charge in [0, 0.05) is 12.1 Å². The normalized spacial score (nSPS) is 15.6. The number of nitrogens with one attached hydrogen (secondary N) is 1. The standard InChI is InChI=1S/C13H18N2O/c1-13(2,3)16-11-6-4-10(5-7-11)12-14-8-9-15-12/h4-7H,8-9H2,1-3H3,(H,14,15). The van der Waals surface area contributed by atoms with E-state index in [-0.39, 0.29) is 5.60 Å². The maximum atomic E-state index is 5.76. The molecule has 86 valence electrons. The second-order valence-electron chi connectivity index (χ2n) is 4.90. The molecular weight excluding hydrogens is 200 g/mol. The predicted octanol–water partition coefficient (Wildman–Crippen LogP) is 2.21. The van der Waals surface area contributed by atoms with Crippen molar-refractivity contribution in [3.8, 4) is 5.75 Å². The van der Waals surface area contributed by atoms with E-state index in [4.69, 9.17) is 4.74 Å². The maximum absolute atomic E-state index is 5.76. The van der Waals surface area contributed by atoms with Gasteiger partial charge in [0.15, 0.2) is 0 Å². The molecule has 0 amide bonds. The first-order chi connectivity index (χ1) is 7.54. The van der Waals surface area contributed by atoms with Crippen molar-refractivity contribution in [2.75, 3.05) is 13.1 Å². The topological polar surface area (TPSA) is 33.6 Å². The lowest BCUT2D eigenvalue weighted by atomic mass is 10.1. The Morgan fingerprint density at radius 1 is 1.19 bits per heavy atom. The zero-order valence-corrected chi connectivity index (χ0v) is 10.1. The molecule has 3 nitrogen and oxygen atoms in total. The molecule has 1 N–H and O–H groups in total. The smallest absolute Gasteiger partial charge is 0.128 e. The molecule has 16 heavy (non-hydrogen) atoms. The minimum Gasteiger partial charge on any atom is -0.488 e. The fraction of sp³-hybridized carbons (Fsp3) is 0.462. The van der Waals surface area contributed by atoms with E-state index in [2.05, 4.69) is 10.3 Å². The number of aliphatic imine (C=N–C) groups is 1. The van der Waals surface area contributed by atoms with Crippen LogP contribution in [0.4, 0.5) is 0 Å². The molecule has 0 aromatic heterocycles. The molecular formula is C13H18N2O. The van der Waals surface area contributed by atoms with E-state index in [0.717, 1.165) is 30.2 Å². The third kappa shape index (κ3) is 2.75. The fourth-order valence-electron chi connectivity index (χ4n) is 1.63. The molecule has 0 unspecified atom stereocenters. The zero-order valence-electron chi connectivity index (χ0n) is 10.1. The molecule has 1 aliphatic rings. The summed E-state index contributed by atoms with van der Waals surface area (Å²) in [5.41, 5.74) is 0.976. The summed E-state index contributed by atoms with van der Waals surface area (Å²) in [6.45, 7) is 7.95. The maximum Gasteiger partial charge on any atom is 0.128 e. The minimum absolute atomic E-state index is 0.148. The first-order valence-electron chi connectivity index (χ1n) is 5.62. The molecule has 2 rings (SSSR count). The summed E-state index contributed by atoms with van der Waals surface area (Å²) in [4.78, 5) is 4.37. The van der Waals surface area contributed by atoms with Crippen molar-refractivity contribution in [1.82, 2.24) is 5.32 Å². The summed E-state index contributed by atoms with van der Waals surface area (Å²) >= 11 is 0. The van der Waals surface area contributed by atoms with Crippen molar-refractivity contribution in [3.63, 3.8) is 0 Å². The highest BCUT2D eigenvalue weighted by Gasteiger charge is 2.12. The van der Waals surface area contributed by atoms with Gasteiger partial charge in [-0.1, -0.05) is 0 Å². The molecule has 0 atom stereocenters. The van der Waals surface area contributed by atoms with Gasteiger partial charge < -0.3 is 10.1 Å². The average molecular weight is 218 g/mol. The van der Waals surface area contributed by atoms with E-state index in [9.17, 15) is 0 Å². The van der Waals surface area contributed by atoms with Crippen molar-refractivity contribution in [2.45, 2.75) is 26.4 Å². The molecule has 0 fully saturated rings. The number of amidine groups is 1. The van der Waals surface area contributed by atoms with E-state index in [1.54, 1.807) is 0 Å². The molecule has 0 spiro atoms. The number of hydrogen-bond donors (Lipinski definition) is 1. The molecule has 1 aromatic rings. The highest BCUT2D eigenvalue weighted by molar-refractivity contribution is 5.99. The Labute approximate surface area is 96.5 Å². The Balaban J connectivity index is 2.10. The van der Waals surface area contributed by atoms with E-state index in [0.29, 0.717) is 0 Å². The van der Waals surface area contributed by atoms with Crippen molar-refractivity contribution >= 4 is 5.84 Å². The number of nitrogens with zero attached hydrogens (tertiary/aromatic N) is 1. The van der Waals surface area contributed by atoms with Gasteiger partial charge in [0.25, 0.3) is 0 Å². The third-order valence-corrected chi connectivity index (χ3v) is 2.23. The molecule has 1 heterocycles. The molecule has 0 aliphatic carbocycles. The van der Waals surface area contributed by atoms with E-state index < -0.39 is 0 Å². The third-order valence-electron chi connectivity index (χ3n) is 2.23. The van der Waals surface area contributed by atoms with Crippen molar-refractivity contribution in [3.05, 3.63) is 29.8 Å². The van der Waals surface area contributed by atoms with Crippen LogP contribution in [0.3, 0.4) is 0 Å². The molecule has 0 saturated heterocycles. The van der Waals surface area contributed by atoms with E-state index in [1.165, 1.54) is 0 Å². The summed E-state index contributed by atoms with van der Waals surface area (Å²) in [5, 5.41) is 3.25. The van der Waals surface area contributed by atoms with Crippen LogP contribution in [0.1, 0.15) is 26.3 Å². The van der Waals surface area contributed by atoms with Gasteiger partial charge in [0.05, 0.1) is 6.54 Å². The lowest BCUT2D eigenvalue weighted by molar-refractivity contribution is 0.131.